The summed E-state index contributed by atoms with van der Waals surface area (Å²) < 4.78 is 16.3. The maximum atomic E-state index is 12.1. The van der Waals surface area contributed by atoms with Crippen LogP contribution in [0.3, 0.4) is 0 Å². The number of fused-ring (bicyclic) bond motifs is 1. The summed E-state index contributed by atoms with van der Waals surface area (Å²) in [4.78, 5) is 24.0. The largest absolute Gasteiger partial charge is 0.479 e. The summed E-state index contributed by atoms with van der Waals surface area (Å²) >= 11 is 0. The zero-order valence-electron chi connectivity index (χ0n) is 15.6. The van der Waals surface area contributed by atoms with Crippen LogP contribution in [0.25, 0.3) is 22.1 Å². The first-order chi connectivity index (χ1) is 13.0. The molecule has 1 aromatic heterocycles. The van der Waals surface area contributed by atoms with Gasteiger partial charge in [0.1, 0.15) is 11.3 Å². The molecule has 0 saturated carbocycles. The van der Waals surface area contributed by atoms with E-state index in [0.29, 0.717) is 11.3 Å². The summed E-state index contributed by atoms with van der Waals surface area (Å²) in [6.07, 6.45) is -0.186. The number of esters is 1. The number of hydrogen-bond acceptors (Lipinski definition) is 5. The lowest BCUT2D eigenvalue weighted by atomic mass is 10.0. The Balaban J connectivity index is 1.90. The fourth-order valence-corrected chi connectivity index (χ4v) is 2.70. The van der Waals surface area contributed by atoms with Crippen LogP contribution in [0.15, 0.2) is 63.8 Å². The van der Waals surface area contributed by atoms with Crippen LogP contribution < -0.4 is 10.4 Å². The Bertz CT molecular complexity index is 991. The number of benzene rings is 2. The molecule has 27 heavy (non-hydrogen) atoms. The van der Waals surface area contributed by atoms with E-state index in [0.717, 1.165) is 22.9 Å². The summed E-state index contributed by atoms with van der Waals surface area (Å²) in [5.74, 6) is 0.00778. The van der Waals surface area contributed by atoms with Crippen LogP contribution >= 0.6 is 0 Å². The third-order valence-electron chi connectivity index (χ3n) is 4.34. The highest BCUT2D eigenvalue weighted by Crippen LogP contribution is 2.29. The lowest BCUT2D eigenvalue weighted by Gasteiger charge is -2.17. The topological polar surface area (TPSA) is 65.7 Å². The molecule has 140 valence electrons. The van der Waals surface area contributed by atoms with Gasteiger partial charge in [0.15, 0.2) is 6.10 Å². The zero-order valence-corrected chi connectivity index (χ0v) is 15.6. The van der Waals surface area contributed by atoms with E-state index in [9.17, 15) is 9.59 Å². The molecule has 3 rings (SSSR count). The summed E-state index contributed by atoms with van der Waals surface area (Å²) in [7, 11) is 0. The average Bonchev–Trinajstić information content (AvgIpc) is 2.67. The summed E-state index contributed by atoms with van der Waals surface area (Å²) in [6, 6.07) is 16.3. The average molecular weight is 366 g/mol. The molecule has 0 aliphatic heterocycles. The molecule has 0 aliphatic carbocycles. The molecule has 5 nitrogen and oxygen atoms in total. The Labute approximate surface area is 157 Å². The van der Waals surface area contributed by atoms with Crippen molar-refractivity contribution in [1.82, 2.24) is 0 Å². The van der Waals surface area contributed by atoms with Gasteiger partial charge in [-0.25, -0.2) is 9.59 Å². The fourth-order valence-electron chi connectivity index (χ4n) is 2.70. The van der Waals surface area contributed by atoms with E-state index in [-0.39, 0.29) is 6.10 Å². The van der Waals surface area contributed by atoms with Crippen molar-refractivity contribution >= 4 is 16.9 Å². The first-order valence-corrected chi connectivity index (χ1v) is 8.98. The Morgan fingerprint density at radius 2 is 1.81 bits per heavy atom. The quantitative estimate of drug-likeness (QED) is 0.472. The summed E-state index contributed by atoms with van der Waals surface area (Å²) in [5.41, 5.74) is 1.68. The third-order valence-corrected chi connectivity index (χ3v) is 4.34. The van der Waals surface area contributed by atoms with E-state index in [1.807, 2.05) is 50.2 Å². The van der Waals surface area contributed by atoms with Crippen LogP contribution in [0, 0.1) is 0 Å². The van der Waals surface area contributed by atoms with E-state index in [2.05, 4.69) is 0 Å². The Kier molecular flexibility index (Phi) is 5.60. The minimum atomic E-state index is -0.763. The van der Waals surface area contributed by atoms with Crippen molar-refractivity contribution in [2.45, 2.75) is 39.4 Å². The maximum Gasteiger partial charge on any atom is 0.347 e. The van der Waals surface area contributed by atoms with Gasteiger partial charge in [0, 0.05) is 17.5 Å². The SMILES string of the molecule is CC[C@H](C)OC(=O)[C@H](C)Oc1ccc2c(-c3ccccc3)cc(=O)oc2c1. The minimum Gasteiger partial charge on any atom is -0.479 e. The molecule has 1 heterocycles. The fraction of sp³-hybridized carbons (Fsp3) is 0.273. The van der Waals surface area contributed by atoms with Crippen LogP contribution in [0.1, 0.15) is 27.2 Å². The van der Waals surface area contributed by atoms with Gasteiger partial charge in [0.2, 0.25) is 0 Å². The molecule has 0 radical (unpaired) electrons. The number of ether oxygens (including phenoxy) is 2. The first kappa shape index (κ1) is 18.7. The zero-order chi connectivity index (χ0) is 19.4. The first-order valence-electron chi connectivity index (χ1n) is 8.98. The number of rotatable bonds is 6. The molecule has 2 aromatic carbocycles. The third kappa shape index (κ3) is 4.37. The van der Waals surface area contributed by atoms with Crippen molar-refractivity contribution in [3.8, 4) is 16.9 Å². The molecule has 0 N–H and O–H groups in total. The van der Waals surface area contributed by atoms with Crippen molar-refractivity contribution in [3.63, 3.8) is 0 Å². The molecule has 2 atom stereocenters. The van der Waals surface area contributed by atoms with Crippen LogP contribution in [0.4, 0.5) is 0 Å². The highest BCUT2D eigenvalue weighted by atomic mass is 16.6. The van der Waals surface area contributed by atoms with Crippen molar-refractivity contribution in [1.29, 1.82) is 0 Å². The molecule has 3 aromatic rings. The van der Waals surface area contributed by atoms with Gasteiger partial charge in [0.05, 0.1) is 6.10 Å². The molecule has 0 fully saturated rings. The van der Waals surface area contributed by atoms with Gasteiger partial charge >= 0.3 is 11.6 Å². The molecule has 5 heteroatoms. The highest BCUT2D eigenvalue weighted by molar-refractivity contribution is 5.93. The minimum absolute atomic E-state index is 0.161. The van der Waals surface area contributed by atoms with Gasteiger partial charge in [-0.05, 0) is 43.5 Å². The molecule has 0 aliphatic rings. The predicted octanol–water partition coefficient (Wildman–Crippen LogP) is 4.57. The van der Waals surface area contributed by atoms with Gasteiger partial charge in [0.25, 0.3) is 0 Å². The monoisotopic (exact) mass is 366 g/mol. The van der Waals surface area contributed by atoms with E-state index in [1.54, 1.807) is 19.1 Å². The normalized spacial score (nSPS) is 13.1. The standard InChI is InChI=1S/C22H22O5/c1-4-14(2)25-22(24)15(3)26-17-10-11-18-19(16-8-6-5-7-9-16)13-21(23)27-20(18)12-17/h5-15H,4H2,1-3H3/t14-,15-/m0/s1. The van der Waals surface area contributed by atoms with Gasteiger partial charge in [-0.2, -0.15) is 0 Å². The summed E-state index contributed by atoms with van der Waals surface area (Å²) in [6.45, 7) is 5.41. The highest BCUT2D eigenvalue weighted by Gasteiger charge is 2.19. The van der Waals surface area contributed by atoms with E-state index in [4.69, 9.17) is 13.9 Å². The molecule has 0 amide bonds. The second-order valence-electron chi connectivity index (χ2n) is 6.42. The Morgan fingerprint density at radius 3 is 2.52 bits per heavy atom. The smallest absolute Gasteiger partial charge is 0.347 e. The van der Waals surface area contributed by atoms with Gasteiger partial charge in [-0.3, -0.25) is 0 Å². The maximum absolute atomic E-state index is 12.1. The molecule has 0 spiro atoms. The number of carbonyl (C=O) groups is 1. The van der Waals surface area contributed by atoms with Gasteiger partial charge in [-0.15, -0.1) is 0 Å². The predicted molar refractivity (Wildman–Crippen MR) is 104 cm³/mol. The number of hydrogen-bond donors (Lipinski definition) is 0. The molecule has 0 bridgehead atoms. The van der Waals surface area contributed by atoms with Crippen molar-refractivity contribution < 1.29 is 18.7 Å². The molecule has 0 saturated heterocycles. The Hall–Kier alpha value is -3.08. The molecular weight excluding hydrogens is 344 g/mol. The van der Waals surface area contributed by atoms with E-state index < -0.39 is 17.7 Å². The van der Waals surface area contributed by atoms with Crippen LogP contribution in [-0.2, 0) is 9.53 Å². The number of carbonyl (C=O) groups excluding carboxylic acids is 1. The molecule has 0 unspecified atom stereocenters. The summed E-state index contributed by atoms with van der Waals surface area (Å²) in [5, 5.41) is 0.794. The second-order valence-corrected chi connectivity index (χ2v) is 6.42. The van der Waals surface area contributed by atoms with E-state index in [1.165, 1.54) is 6.07 Å². The van der Waals surface area contributed by atoms with E-state index >= 15 is 0 Å². The molecular formula is C22H22O5. The van der Waals surface area contributed by atoms with Gasteiger partial charge < -0.3 is 13.9 Å². The van der Waals surface area contributed by atoms with Crippen LogP contribution in [0.2, 0.25) is 0 Å². The van der Waals surface area contributed by atoms with Gasteiger partial charge in [-0.1, -0.05) is 37.3 Å². The second kappa shape index (κ2) is 8.08. The van der Waals surface area contributed by atoms with Crippen molar-refractivity contribution in [2.24, 2.45) is 0 Å². The lowest BCUT2D eigenvalue weighted by molar-refractivity contribution is -0.155. The Morgan fingerprint density at radius 1 is 1.07 bits per heavy atom. The van der Waals surface area contributed by atoms with Crippen LogP contribution in [-0.4, -0.2) is 18.2 Å². The lowest BCUT2D eigenvalue weighted by Crippen LogP contribution is -2.29. The van der Waals surface area contributed by atoms with Crippen molar-refractivity contribution in [2.75, 3.05) is 0 Å². The van der Waals surface area contributed by atoms with Crippen molar-refractivity contribution in [3.05, 3.63) is 65.0 Å². The van der Waals surface area contributed by atoms with Crippen LogP contribution in [0.5, 0.6) is 5.75 Å².